The Morgan fingerprint density at radius 2 is 1.17 bits per heavy atom. The Balaban J connectivity index is 0. The van der Waals surface area contributed by atoms with Gasteiger partial charge >= 0.3 is 5.97 Å². The van der Waals surface area contributed by atoms with Crippen LogP contribution >= 0.6 is 0 Å². The van der Waals surface area contributed by atoms with Gasteiger partial charge in [0.2, 0.25) is 0 Å². The first-order valence-corrected chi connectivity index (χ1v) is 8.59. The summed E-state index contributed by atoms with van der Waals surface area (Å²) >= 11 is 0. The molecular weight excluding hydrogens is 336 g/mol. The van der Waals surface area contributed by atoms with Crippen molar-refractivity contribution in [3.8, 4) is 0 Å². The second-order valence-corrected chi connectivity index (χ2v) is 5.37. The number of hydrogen-bond acceptors (Lipinski definition) is 1. The van der Waals surface area contributed by atoms with Crippen LogP contribution in [0.25, 0.3) is 0 Å². The average molecular weight is 368 g/mol. The predicted molar refractivity (Wildman–Crippen MR) is 96.0 cm³/mol. The Bertz CT molecular complexity index is 368. The normalized spacial score (nSPS) is 11.9. The van der Waals surface area contributed by atoms with Crippen LogP contribution in [0.5, 0.6) is 0 Å². The van der Waals surface area contributed by atoms with Crippen LogP contribution in [0.4, 0.5) is 0 Å². The number of carboxylic acids is 1. The third-order valence-corrected chi connectivity index (χ3v) is 3.22. The van der Waals surface area contributed by atoms with Crippen molar-refractivity contribution >= 4 is 5.97 Å². The molecule has 0 aliphatic heterocycles. The fraction of sp³-hybridized carbons (Fsp3) is 0.550. The number of allylic oxidation sites excluding steroid dienone is 8. The molecule has 0 heterocycles. The van der Waals surface area contributed by atoms with Crippen LogP contribution in [0, 0.1) is 0 Å². The van der Waals surface area contributed by atoms with E-state index in [-0.39, 0.29) is 23.5 Å². The molecule has 23 heavy (non-hydrogen) atoms. The summed E-state index contributed by atoms with van der Waals surface area (Å²) in [7, 11) is 0. The van der Waals surface area contributed by atoms with Crippen LogP contribution in [0.15, 0.2) is 48.6 Å². The van der Waals surface area contributed by atoms with Crippen molar-refractivity contribution in [3.63, 3.8) is 0 Å². The molecule has 3 heteroatoms. The molecule has 0 atom stereocenters. The largest absolute Gasteiger partial charge is 0.481 e. The zero-order valence-corrected chi connectivity index (χ0v) is 15.3. The molecule has 2 nitrogen and oxygen atoms in total. The van der Waals surface area contributed by atoms with Crippen LogP contribution in [0.2, 0.25) is 0 Å². The number of rotatable bonds is 14. The number of carboxylic acid groups (broad SMARTS) is 1. The summed E-state index contributed by atoms with van der Waals surface area (Å²) in [6, 6.07) is 0. The maximum absolute atomic E-state index is 10.3. The summed E-state index contributed by atoms with van der Waals surface area (Å²) in [6.45, 7) is 2.23. The van der Waals surface area contributed by atoms with Crippen LogP contribution < -0.4 is 0 Å². The molecule has 0 saturated heterocycles. The van der Waals surface area contributed by atoms with E-state index in [1.165, 1.54) is 25.7 Å². The molecule has 0 aromatic heterocycles. The summed E-state index contributed by atoms with van der Waals surface area (Å²) in [4.78, 5) is 10.3. The third-order valence-electron chi connectivity index (χ3n) is 3.22. The molecule has 1 radical (unpaired) electrons. The van der Waals surface area contributed by atoms with Gasteiger partial charge in [0.05, 0.1) is 0 Å². The van der Waals surface area contributed by atoms with E-state index in [1.807, 2.05) is 0 Å². The Morgan fingerprint density at radius 3 is 1.61 bits per heavy atom. The Hall–Kier alpha value is -1.05. The summed E-state index contributed by atoms with van der Waals surface area (Å²) in [5, 5.41) is 8.49. The molecule has 0 aromatic rings. The van der Waals surface area contributed by atoms with Gasteiger partial charge in [-0.2, -0.15) is 0 Å². The maximum atomic E-state index is 10.3. The van der Waals surface area contributed by atoms with E-state index in [0.29, 0.717) is 0 Å². The van der Waals surface area contributed by atoms with Gasteiger partial charge in [-0.15, -0.1) is 0 Å². The van der Waals surface area contributed by atoms with E-state index in [4.69, 9.17) is 5.11 Å². The molecule has 1 N–H and O–H groups in total. The molecule has 0 aliphatic carbocycles. The number of aliphatic carboxylic acids is 1. The average Bonchev–Trinajstić information content (AvgIpc) is 2.50. The van der Waals surface area contributed by atoms with E-state index in [2.05, 4.69) is 55.5 Å². The molecule has 0 rings (SSSR count). The summed E-state index contributed by atoms with van der Waals surface area (Å²) < 4.78 is 0. The number of unbranched alkanes of at least 4 members (excludes halogenated alkanes) is 4. The Labute approximate surface area is 152 Å². The van der Waals surface area contributed by atoms with Gasteiger partial charge in [-0.05, 0) is 44.9 Å². The van der Waals surface area contributed by atoms with Gasteiger partial charge in [0.25, 0.3) is 0 Å². The van der Waals surface area contributed by atoms with E-state index in [1.54, 1.807) is 0 Å². The topological polar surface area (TPSA) is 37.3 Å². The fourth-order valence-corrected chi connectivity index (χ4v) is 1.93. The number of hydrogen-bond donors (Lipinski definition) is 1. The van der Waals surface area contributed by atoms with Gasteiger partial charge < -0.3 is 5.11 Å². The van der Waals surface area contributed by atoms with Gasteiger partial charge in [0.15, 0.2) is 0 Å². The fourth-order valence-electron chi connectivity index (χ4n) is 1.93. The van der Waals surface area contributed by atoms with Crippen molar-refractivity contribution in [2.45, 2.75) is 71.1 Å². The minimum Gasteiger partial charge on any atom is -0.481 e. The molecule has 135 valence electrons. The first kappa shape index (κ1) is 24.2. The van der Waals surface area contributed by atoms with Crippen LogP contribution in [-0.4, -0.2) is 11.1 Å². The Morgan fingerprint density at radius 1 is 0.739 bits per heavy atom. The second-order valence-electron chi connectivity index (χ2n) is 5.37. The zero-order valence-electron chi connectivity index (χ0n) is 14.3. The molecular formula is C20H32CuO2. The molecule has 0 fully saturated rings. The second kappa shape index (κ2) is 20.9. The molecule has 0 aliphatic rings. The van der Waals surface area contributed by atoms with E-state index in [0.717, 1.165) is 32.1 Å². The molecule has 0 aromatic carbocycles. The van der Waals surface area contributed by atoms with Crippen LogP contribution in [0.3, 0.4) is 0 Å². The third kappa shape index (κ3) is 23.3. The van der Waals surface area contributed by atoms with E-state index >= 15 is 0 Å². The summed E-state index contributed by atoms with van der Waals surface area (Å²) in [5.74, 6) is -0.712. The zero-order chi connectivity index (χ0) is 16.3. The van der Waals surface area contributed by atoms with Gasteiger partial charge in [-0.3, -0.25) is 4.79 Å². The Kier molecular flexibility index (Phi) is 22.0. The van der Waals surface area contributed by atoms with Crippen molar-refractivity contribution in [1.29, 1.82) is 0 Å². The van der Waals surface area contributed by atoms with Crippen LogP contribution in [0.1, 0.15) is 71.1 Å². The van der Waals surface area contributed by atoms with Crippen molar-refractivity contribution in [1.82, 2.24) is 0 Å². The molecule has 0 bridgehead atoms. The molecule has 0 spiro atoms. The summed E-state index contributed by atoms with van der Waals surface area (Å²) in [5.41, 5.74) is 0. The van der Waals surface area contributed by atoms with Crippen molar-refractivity contribution in [2.75, 3.05) is 0 Å². The van der Waals surface area contributed by atoms with Crippen molar-refractivity contribution in [3.05, 3.63) is 48.6 Å². The van der Waals surface area contributed by atoms with E-state index < -0.39 is 5.97 Å². The predicted octanol–water partition coefficient (Wildman–Crippen LogP) is 6.21. The van der Waals surface area contributed by atoms with Crippen molar-refractivity contribution < 1.29 is 27.0 Å². The SMILES string of the molecule is CCCCCC=CCC=CCC=CCC=CCCCC(=O)O.[Cu]. The quantitative estimate of drug-likeness (QED) is 0.225. The van der Waals surface area contributed by atoms with Gasteiger partial charge in [-0.1, -0.05) is 68.4 Å². The number of carbonyl (C=O) groups is 1. The minimum absolute atomic E-state index is 0. The maximum Gasteiger partial charge on any atom is 0.303 e. The molecule has 0 unspecified atom stereocenters. The van der Waals surface area contributed by atoms with E-state index in [9.17, 15) is 4.79 Å². The first-order valence-electron chi connectivity index (χ1n) is 8.59. The van der Waals surface area contributed by atoms with Gasteiger partial charge in [-0.25, -0.2) is 0 Å². The molecule has 0 saturated carbocycles. The first-order chi connectivity index (χ1) is 10.8. The standard InChI is InChI=1S/C20H32O2.Cu/c1-2-3-4-5-6-7-8-9-10-11-12-13-14-15-16-17-18-19-20(21)22;/h6-7,9-10,12-13,15-16H,2-5,8,11,14,17-19H2,1H3,(H,21,22);. The van der Waals surface area contributed by atoms with Gasteiger partial charge in [0, 0.05) is 23.5 Å². The van der Waals surface area contributed by atoms with Gasteiger partial charge in [0.1, 0.15) is 0 Å². The molecule has 0 amide bonds. The minimum atomic E-state index is -0.712. The summed E-state index contributed by atoms with van der Waals surface area (Å²) in [6.07, 6.45) is 27.3. The van der Waals surface area contributed by atoms with Crippen LogP contribution in [-0.2, 0) is 21.9 Å². The van der Waals surface area contributed by atoms with Crippen molar-refractivity contribution in [2.24, 2.45) is 0 Å². The monoisotopic (exact) mass is 367 g/mol. The smallest absolute Gasteiger partial charge is 0.303 e.